The second-order valence-electron chi connectivity index (χ2n) is 3.97. The van der Waals surface area contributed by atoms with Crippen LogP contribution >= 0.6 is 11.3 Å². The zero-order valence-electron chi connectivity index (χ0n) is 10.9. The van der Waals surface area contributed by atoms with Crippen molar-refractivity contribution in [2.24, 2.45) is 0 Å². The molecular weight excluding hydrogens is 298 g/mol. The normalized spacial score (nSPS) is 11.4. The fraction of sp³-hybridized carbons (Fsp3) is 0.364. The number of hydrogen-bond acceptors (Lipinski definition) is 7. The lowest BCUT2D eigenvalue weighted by Crippen LogP contribution is -2.14. The molecule has 0 radical (unpaired) electrons. The fourth-order valence-electron chi connectivity index (χ4n) is 1.45. The second kappa shape index (κ2) is 6.73. The summed E-state index contributed by atoms with van der Waals surface area (Å²) in [6.07, 6.45) is 3.79. The first-order valence-corrected chi connectivity index (χ1v) is 8.37. The van der Waals surface area contributed by atoms with Crippen molar-refractivity contribution in [1.82, 2.24) is 20.5 Å². The van der Waals surface area contributed by atoms with Gasteiger partial charge >= 0.3 is 0 Å². The van der Waals surface area contributed by atoms with Crippen LogP contribution in [-0.4, -0.2) is 30.1 Å². The standard InChI is InChI=1S/C11H15N5O2S2/c1-2-5-12-8-9-3-4-10(19-9)20(17,18)16-11-13-6-7-14-15-11/h3-4,6-7,12H,2,5,8H2,1H3,(H,13,15,16). The van der Waals surface area contributed by atoms with E-state index in [1.807, 2.05) is 0 Å². The summed E-state index contributed by atoms with van der Waals surface area (Å²) in [6.45, 7) is 3.65. The van der Waals surface area contributed by atoms with Crippen molar-refractivity contribution < 1.29 is 8.42 Å². The van der Waals surface area contributed by atoms with Crippen LogP contribution in [0.15, 0.2) is 28.7 Å². The van der Waals surface area contributed by atoms with E-state index in [1.54, 1.807) is 12.1 Å². The Labute approximate surface area is 121 Å². The Morgan fingerprint density at radius 3 is 2.85 bits per heavy atom. The van der Waals surface area contributed by atoms with Crippen LogP contribution in [0.2, 0.25) is 0 Å². The van der Waals surface area contributed by atoms with Gasteiger partial charge in [0, 0.05) is 11.4 Å². The van der Waals surface area contributed by atoms with E-state index >= 15 is 0 Å². The van der Waals surface area contributed by atoms with Crippen molar-refractivity contribution in [2.45, 2.75) is 24.1 Å². The third kappa shape index (κ3) is 3.95. The van der Waals surface area contributed by atoms with Gasteiger partial charge in [0.05, 0.1) is 12.4 Å². The van der Waals surface area contributed by atoms with Gasteiger partial charge < -0.3 is 5.32 Å². The molecule has 0 saturated carbocycles. The van der Waals surface area contributed by atoms with E-state index in [1.165, 1.54) is 23.7 Å². The minimum atomic E-state index is -3.65. The lowest BCUT2D eigenvalue weighted by molar-refractivity contribution is 0.602. The molecule has 2 N–H and O–H groups in total. The molecule has 0 saturated heterocycles. The molecule has 0 aliphatic rings. The lowest BCUT2D eigenvalue weighted by atomic mass is 10.4. The fourth-order valence-corrected chi connectivity index (χ4v) is 3.72. The van der Waals surface area contributed by atoms with Crippen LogP contribution in [0.5, 0.6) is 0 Å². The third-order valence-corrected chi connectivity index (χ3v) is 5.24. The SMILES string of the molecule is CCCNCc1ccc(S(=O)(=O)Nc2nccnn2)s1. The highest BCUT2D eigenvalue weighted by atomic mass is 32.2. The van der Waals surface area contributed by atoms with Crippen LogP contribution in [0, 0.1) is 0 Å². The number of aromatic nitrogens is 3. The molecule has 0 atom stereocenters. The summed E-state index contributed by atoms with van der Waals surface area (Å²) in [5, 5.41) is 10.4. The highest BCUT2D eigenvalue weighted by molar-refractivity contribution is 7.94. The molecule has 2 aromatic rings. The van der Waals surface area contributed by atoms with Gasteiger partial charge in [-0.2, -0.15) is 5.10 Å². The van der Waals surface area contributed by atoms with Gasteiger partial charge in [0.15, 0.2) is 0 Å². The number of nitrogens with zero attached hydrogens (tertiary/aromatic N) is 3. The van der Waals surface area contributed by atoms with Crippen molar-refractivity contribution in [2.75, 3.05) is 11.3 Å². The molecule has 7 nitrogen and oxygen atoms in total. The smallest absolute Gasteiger partial charge is 0.273 e. The molecule has 0 aromatic carbocycles. The van der Waals surface area contributed by atoms with Gasteiger partial charge in [-0.3, -0.25) is 0 Å². The molecule has 0 fully saturated rings. The van der Waals surface area contributed by atoms with Gasteiger partial charge in [-0.1, -0.05) is 6.92 Å². The van der Waals surface area contributed by atoms with Gasteiger partial charge in [-0.15, -0.1) is 16.4 Å². The van der Waals surface area contributed by atoms with Gasteiger partial charge in [0.2, 0.25) is 0 Å². The minimum absolute atomic E-state index is 0.0356. The maximum Gasteiger partial charge on any atom is 0.273 e. The first kappa shape index (κ1) is 14.8. The third-order valence-electron chi connectivity index (χ3n) is 2.34. The Bertz CT molecular complexity index is 642. The topological polar surface area (TPSA) is 96.9 Å². The van der Waals surface area contributed by atoms with Gasteiger partial charge in [0.1, 0.15) is 4.21 Å². The van der Waals surface area contributed by atoms with E-state index in [0.29, 0.717) is 6.54 Å². The molecule has 0 aliphatic heterocycles. The predicted molar refractivity (Wildman–Crippen MR) is 77.0 cm³/mol. The first-order valence-electron chi connectivity index (χ1n) is 6.08. The second-order valence-corrected chi connectivity index (χ2v) is 7.05. The van der Waals surface area contributed by atoms with Crippen LogP contribution in [0.1, 0.15) is 18.2 Å². The van der Waals surface area contributed by atoms with Crippen LogP contribution in [0.25, 0.3) is 0 Å². The molecule has 108 valence electrons. The summed E-state index contributed by atoms with van der Waals surface area (Å²) in [5.74, 6) is -0.0356. The zero-order chi connectivity index (χ0) is 14.4. The summed E-state index contributed by atoms with van der Waals surface area (Å²) in [7, 11) is -3.65. The molecule has 2 rings (SSSR count). The van der Waals surface area contributed by atoms with Crippen LogP contribution in [-0.2, 0) is 16.6 Å². The largest absolute Gasteiger partial charge is 0.312 e. The summed E-state index contributed by atoms with van der Waals surface area (Å²) in [6, 6.07) is 3.37. The van der Waals surface area contributed by atoms with E-state index in [2.05, 4.69) is 32.1 Å². The average Bonchev–Trinajstić information content (AvgIpc) is 2.89. The Morgan fingerprint density at radius 2 is 2.15 bits per heavy atom. The molecule has 0 aliphatic carbocycles. The van der Waals surface area contributed by atoms with Crippen LogP contribution in [0.4, 0.5) is 5.95 Å². The zero-order valence-corrected chi connectivity index (χ0v) is 12.5. The van der Waals surface area contributed by atoms with E-state index < -0.39 is 10.0 Å². The Balaban J connectivity index is 2.06. The average molecular weight is 313 g/mol. The number of hydrogen-bond donors (Lipinski definition) is 2. The molecular formula is C11H15N5O2S2. The molecule has 0 spiro atoms. The maximum atomic E-state index is 12.1. The summed E-state index contributed by atoms with van der Waals surface area (Å²) in [5.41, 5.74) is 0. The molecule has 9 heteroatoms. The number of anilines is 1. The van der Waals surface area contributed by atoms with Crippen LogP contribution < -0.4 is 10.0 Å². The Morgan fingerprint density at radius 1 is 1.30 bits per heavy atom. The molecule has 20 heavy (non-hydrogen) atoms. The summed E-state index contributed by atoms with van der Waals surface area (Å²) in [4.78, 5) is 4.75. The monoisotopic (exact) mass is 313 g/mol. The minimum Gasteiger partial charge on any atom is -0.312 e. The molecule has 2 heterocycles. The summed E-state index contributed by atoms with van der Waals surface area (Å²) >= 11 is 1.22. The van der Waals surface area contributed by atoms with E-state index in [4.69, 9.17) is 0 Å². The van der Waals surface area contributed by atoms with Gasteiger partial charge in [0.25, 0.3) is 16.0 Å². The highest BCUT2D eigenvalue weighted by Gasteiger charge is 2.18. The number of sulfonamides is 1. The quantitative estimate of drug-likeness (QED) is 0.746. The molecule has 0 amide bonds. The maximum absolute atomic E-state index is 12.1. The highest BCUT2D eigenvalue weighted by Crippen LogP contribution is 2.22. The van der Waals surface area contributed by atoms with E-state index in [0.717, 1.165) is 17.8 Å². The molecule has 0 unspecified atom stereocenters. The van der Waals surface area contributed by atoms with Crippen molar-refractivity contribution in [1.29, 1.82) is 0 Å². The van der Waals surface area contributed by atoms with Gasteiger partial charge in [-0.25, -0.2) is 18.1 Å². The van der Waals surface area contributed by atoms with E-state index in [9.17, 15) is 8.42 Å². The molecule has 2 aromatic heterocycles. The van der Waals surface area contributed by atoms with Crippen molar-refractivity contribution in [3.8, 4) is 0 Å². The molecule has 0 bridgehead atoms. The number of nitrogens with one attached hydrogen (secondary N) is 2. The van der Waals surface area contributed by atoms with Gasteiger partial charge in [-0.05, 0) is 25.1 Å². The van der Waals surface area contributed by atoms with Crippen molar-refractivity contribution in [3.63, 3.8) is 0 Å². The number of rotatable bonds is 7. The first-order chi connectivity index (χ1) is 9.62. The summed E-state index contributed by atoms with van der Waals surface area (Å²) < 4.78 is 26.8. The van der Waals surface area contributed by atoms with E-state index in [-0.39, 0.29) is 10.2 Å². The predicted octanol–water partition coefficient (Wildman–Crippen LogP) is 1.23. The number of thiophene rings is 1. The lowest BCUT2D eigenvalue weighted by Gasteiger charge is -2.03. The van der Waals surface area contributed by atoms with Crippen molar-refractivity contribution >= 4 is 27.3 Å². The van der Waals surface area contributed by atoms with Crippen LogP contribution in [0.3, 0.4) is 0 Å². The Hall–Kier alpha value is -1.58. The van der Waals surface area contributed by atoms with Crippen molar-refractivity contribution in [3.05, 3.63) is 29.4 Å². The Kier molecular flexibility index (Phi) is 4.99.